The Morgan fingerprint density at radius 2 is 2.09 bits per heavy atom. The first-order chi connectivity index (χ1) is 10.9. The van der Waals surface area contributed by atoms with Gasteiger partial charge >= 0.3 is 0 Å². The van der Waals surface area contributed by atoms with Crippen molar-refractivity contribution in [3.8, 4) is 11.3 Å². The molecule has 0 bridgehead atoms. The van der Waals surface area contributed by atoms with E-state index < -0.39 is 9.84 Å². The van der Waals surface area contributed by atoms with E-state index in [1.54, 1.807) is 0 Å². The molecule has 23 heavy (non-hydrogen) atoms. The van der Waals surface area contributed by atoms with E-state index in [0.29, 0.717) is 11.6 Å². The van der Waals surface area contributed by atoms with Gasteiger partial charge in [-0.1, -0.05) is 30.3 Å². The third-order valence-electron chi connectivity index (χ3n) is 3.89. The van der Waals surface area contributed by atoms with Crippen LogP contribution in [0.2, 0.25) is 0 Å². The van der Waals surface area contributed by atoms with Gasteiger partial charge in [0.15, 0.2) is 15.0 Å². The zero-order valence-electron chi connectivity index (χ0n) is 12.8. The van der Waals surface area contributed by atoms with Crippen LogP contribution in [-0.4, -0.2) is 30.8 Å². The largest absolute Gasteiger partial charge is 0.302 e. The van der Waals surface area contributed by atoms with Crippen molar-refractivity contribution in [2.24, 2.45) is 5.92 Å². The Bertz CT molecular complexity index is 813. The molecular formula is C16H18N2O3S2. The second kappa shape index (κ2) is 6.41. The van der Waals surface area contributed by atoms with Gasteiger partial charge in [0, 0.05) is 16.9 Å². The van der Waals surface area contributed by atoms with E-state index in [9.17, 15) is 13.2 Å². The number of anilines is 1. The van der Waals surface area contributed by atoms with E-state index in [1.165, 1.54) is 11.3 Å². The van der Waals surface area contributed by atoms with Gasteiger partial charge in [0.1, 0.15) is 0 Å². The van der Waals surface area contributed by atoms with Crippen LogP contribution in [0, 0.1) is 12.8 Å². The molecule has 0 saturated carbocycles. The number of benzene rings is 1. The van der Waals surface area contributed by atoms with Crippen molar-refractivity contribution in [3.63, 3.8) is 0 Å². The number of aryl methyl sites for hydroxylation is 1. The number of aromatic nitrogens is 1. The minimum absolute atomic E-state index is 0.0744. The van der Waals surface area contributed by atoms with Gasteiger partial charge < -0.3 is 5.32 Å². The Labute approximate surface area is 139 Å². The van der Waals surface area contributed by atoms with Gasteiger partial charge in [0.05, 0.1) is 17.2 Å². The molecular weight excluding hydrogens is 332 g/mol. The Kier molecular flexibility index (Phi) is 4.50. The lowest BCUT2D eigenvalue weighted by Gasteiger charge is -2.06. The summed E-state index contributed by atoms with van der Waals surface area (Å²) in [4.78, 5) is 17.6. The molecule has 0 spiro atoms. The van der Waals surface area contributed by atoms with Crippen LogP contribution in [0.15, 0.2) is 30.3 Å². The number of thiazole rings is 1. The maximum Gasteiger partial charge on any atom is 0.226 e. The van der Waals surface area contributed by atoms with E-state index in [-0.39, 0.29) is 29.8 Å². The number of hydrogen-bond acceptors (Lipinski definition) is 5. The molecule has 1 aromatic carbocycles. The average molecular weight is 350 g/mol. The molecule has 1 N–H and O–H groups in total. The van der Waals surface area contributed by atoms with Crippen LogP contribution in [0.5, 0.6) is 0 Å². The van der Waals surface area contributed by atoms with Crippen LogP contribution in [0.1, 0.15) is 17.7 Å². The van der Waals surface area contributed by atoms with Crippen molar-refractivity contribution in [2.75, 3.05) is 16.8 Å². The Morgan fingerprint density at radius 3 is 2.74 bits per heavy atom. The summed E-state index contributed by atoms with van der Waals surface area (Å²) in [6.45, 7) is 1.97. The second-order valence-corrected chi connectivity index (χ2v) is 9.24. The molecule has 5 nitrogen and oxygen atoms in total. The van der Waals surface area contributed by atoms with Crippen LogP contribution in [-0.2, 0) is 14.6 Å². The lowest BCUT2D eigenvalue weighted by molar-refractivity contribution is -0.116. The van der Waals surface area contributed by atoms with Crippen LogP contribution in [0.3, 0.4) is 0 Å². The molecule has 0 unspecified atom stereocenters. The molecule has 1 atom stereocenters. The molecule has 2 aromatic rings. The molecule has 1 aliphatic heterocycles. The molecule has 1 aliphatic rings. The van der Waals surface area contributed by atoms with Crippen molar-refractivity contribution in [1.82, 2.24) is 4.98 Å². The average Bonchev–Trinajstić information content (AvgIpc) is 3.02. The fourth-order valence-electron chi connectivity index (χ4n) is 2.78. The fraction of sp³-hybridized carbons (Fsp3) is 0.375. The number of carbonyl (C=O) groups excluding carboxylic acids is 1. The predicted molar refractivity (Wildman–Crippen MR) is 92.3 cm³/mol. The molecule has 3 rings (SSSR count). The SMILES string of the molecule is Cc1sc(NC(=O)C[C@H]2CCS(=O)(=O)C2)nc1-c1ccccc1. The summed E-state index contributed by atoms with van der Waals surface area (Å²) in [5.74, 6) is 0.0709. The molecule has 2 heterocycles. The summed E-state index contributed by atoms with van der Waals surface area (Å²) in [7, 11) is -2.95. The van der Waals surface area contributed by atoms with Gasteiger partial charge in [-0.3, -0.25) is 4.79 Å². The highest BCUT2D eigenvalue weighted by Gasteiger charge is 2.29. The Morgan fingerprint density at radius 1 is 1.35 bits per heavy atom. The van der Waals surface area contributed by atoms with E-state index in [2.05, 4.69) is 10.3 Å². The summed E-state index contributed by atoms with van der Waals surface area (Å²) in [6, 6.07) is 9.82. The zero-order chi connectivity index (χ0) is 16.4. The Balaban J connectivity index is 1.66. The highest BCUT2D eigenvalue weighted by molar-refractivity contribution is 7.91. The molecule has 0 aliphatic carbocycles. The van der Waals surface area contributed by atoms with Gasteiger partial charge in [-0.05, 0) is 19.3 Å². The summed E-state index contributed by atoms with van der Waals surface area (Å²) in [5.41, 5.74) is 1.89. The Hall–Kier alpha value is -1.73. The summed E-state index contributed by atoms with van der Waals surface area (Å²) in [6.07, 6.45) is 0.806. The number of rotatable bonds is 4. The summed E-state index contributed by atoms with van der Waals surface area (Å²) >= 11 is 1.43. The molecule has 1 fully saturated rings. The van der Waals surface area contributed by atoms with Crippen LogP contribution < -0.4 is 5.32 Å². The summed E-state index contributed by atoms with van der Waals surface area (Å²) in [5, 5.41) is 3.36. The van der Waals surface area contributed by atoms with Crippen molar-refractivity contribution >= 4 is 32.2 Å². The highest BCUT2D eigenvalue weighted by atomic mass is 32.2. The highest BCUT2D eigenvalue weighted by Crippen LogP contribution is 2.30. The first kappa shape index (κ1) is 16.1. The number of nitrogens with zero attached hydrogens (tertiary/aromatic N) is 1. The van der Waals surface area contributed by atoms with Crippen LogP contribution in [0.25, 0.3) is 11.3 Å². The number of amides is 1. The van der Waals surface area contributed by atoms with Crippen LogP contribution >= 0.6 is 11.3 Å². The lowest BCUT2D eigenvalue weighted by atomic mass is 10.1. The topological polar surface area (TPSA) is 76.1 Å². The molecule has 122 valence electrons. The number of carbonyl (C=O) groups is 1. The van der Waals surface area contributed by atoms with Crippen molar-refractivity contribution < 1.29 is 13.2 Å². The third kappa shape index (κ3) is 3.97. The number of hydrogen-bond donors (Lipinski definition) is 1. The fourth-order valence-corrected chi connectivity index (χ4v) is 5.49. The van der Waals surface area contributed by atoms with E-state index in [1.807, 2.05) is 37.3 Å². The number of sulfone groups is 1. The van der Waals surface area contributed by atoms with Crippen molar-refractivity contribution in [1.29, 1.82) is 0 Å². The van der Waals surface area contributed by atoms with Gasteiger partial charge in [-0.25, -0.2) is 13.4 Å². The quantitative estimate of drug-likeness (QED) is 0.920. The number of nitrogens with one attached hydrogen (secondary N) is 1. The molecule has 1 aromatic heterocycles. The predicted octanol–water partition coefficient (Wildman–Crippen LogP) is 2.88. The van der Waals surface area contributed by atoms with Crippen LogP contribution in [0.4, 0.5) is 5.13 Å². The molecule has 7 heteroatoms. The van der Waals surface area contributed by atoms with Crippen molar-refractivity contribution in [3.05, 3.63) is 35.2 Å². The van der Waals surface area contributed by atoms with E-state index in [4.69, 9.17) is 0 Å². The lowest BCUT2D eigenvalue weighted by Crippen LogP contribution is -2.17. The maximum atomic E-state index is 12.1. The smallest absolute Gasteiger partial charge is 0.226 e. The molecule has 1 saturated heterocycles. The van der Waals surface area contributed by atoms with Gasteiger partial charge in [0.25, 0.3) is 0 Å². The minimum atomic E-state index is -2.95. The first-order valence-electron chi connectivity index (χ1n) is 7.46. The molecule has 0 radical (unpaired) electrons. The standard InChI is InChI=1S/C16H18N2O3S2/c1-11-15(13-5-3-2-4-6-13)18-16(22-11)17-14(19)9-12-7-8-23(20,21)10-12/h2-6,12H,7-10H2,1H3,(H,17,18,19)/t12-/m1/s1. The van der Waals surface area contributed by atoms with E-state index >= 15 is 0 Å². The molecule has 1 amide bonds. The second-order valence-electron chi connectivity index (χ2n) is 5.81. The van der Waals surface area contributed by atoms with Gasteiger partial charge in [0.2, 0.25) is 5.91 Å². The van der Waals surface area contributed by atoms with Gasteiger partial charge in [-0.15, -0.1) is 11.3 Å². The first-order valence-corrected chi connectivity index (χ1v) is 10.1. The zero-order valence-corrected chi connectivity index (χ0v) is 14.4. The van der Waals surface area contributed by atoms with Crippen molar-refractivity contribution in [2.45, 2.75) is 19.8 Å². The normalized spacial score (nSPS) is 19.6. The monoisotopic (exact) mass is 350 g/mol. The summed E-state index contributed by atoms with van der Waals surface area (Å²) < 4.78 is 22.9. The maximum absolute atomic E-state index is 12.1. The van der Waals surface area contributed by atoms with Gasteiger partial charge in [-0.2, -0.15) is 0 Å². The third-order valence-corrected chi connectivity index (χ3v) is 6.61. The minimum Gasteiger partial charge on any atom is -0.302 e. The van der Waals surface area contributed by atoms with E-state index in [0.717, 1.165) is 16.1 Å².